The summed E-state index contributed by atoms with van der Waals surface area (Å²) < 4.78 is 45.9. The molecule has 6 aromatic rings. The molecule has 306 valence electrons. The van der Waals surface area contributed by atoms with Crippen LogP contribution in [0.4, 0.5) is 18.9 Å². The van der Waals surface area contributed by atoms with Gasteiger partial charge in [-0.3, -0.25) is 24.1 Å². The van der Waals surface area contributed by atoms with E-state index >= 15 is 13.2 Å². The number of halogens is 3. The van der Waals surface area contributed by atoms with E-state index in [0.29, 0.717) is 11.1 Å². The molecule has 4 amide bonds. The zero-order valence-corrected chi connectivity index (χ0v) is 34.3. The van der Waals surface area contributed by atoms with Crippen LogP contribution in [0.5, 0.6) is 11.5 Å². The number of aromatic hydroxyl groups is 2. The van der Waals surface area contributed by atoms with Gasteiger partial charge in [0.25, 0.3) is 23.6 Å². The summed E-state index contributed by atoms with van der Waals surface area (Å²) >= 11 is 0. The second-order valence-electron chi connectivity index (χ2n) is 16.7. The van der Waals surface area contributed by atoms with Crippen molar-refractivity contribution in [1.29, 1.82) is 0 Å². The molecule has 9 rings (SSSR count). The molecular formula is C50H39F3N2O6. The average Bonchev–Trinajstić information content (AvgIpc) is 3.72. The van der Waals surface area contributed by atoms with Crippen molar-refractivity contribution in [3.05, 3.63) is 181 Å². The fourth-order valence-corrected chi connectivity index (χ4v) is 9.79. The number of phenolic OH excluding ortho intramolecular Hbond substituents is 2. The molecule has 0 saturated heterocycles. The summed E-state index contributed by atoms with van der Waals surface area (Å²) in [6.07, 6.45) is -4.93. The van der Waals surface area contributed by atoms with Crippen molar-refractivity contribution in [1.82, 2.24) is 4.90 Å². The van der Waals surface area contributed by atoms with E-state index in [-0.39, 0.29) is 50.6 Å². The Morgan fingerprint density at radius 3 is 1.38 bits per heavy atom. The molecule has 0 fully saturated rings. The monoisotopic (exact) mass is 820 g/mol. The minimum absolute atomic E-state index is 0.00411. The third-order valence-electron chi connectivity index (χ3n) is 13.3. The maximum atomic E-state index is 15.3. The van der Waals surface area contributed by atoms with Crippen LogP contribution in [-0.2, 0) is 10.8 Å². The first-order valence-electron chi connectivity index (χ1n) is 19.7. The van der Waals surface area contributed by atoms with Gasteiger partial charge in [0.05, 0.1) is 33.4 Å². The highest BCUT2D eigenvalue weighted by atomic mass is 19.4. The van der Waals surface area contributed by atoms with Crippen LogP contribution in [0, 0.1) is 34.6 Å². The number of alkyl halides is 3. The predicted octanol–water partition coefficient (Wildman–Crippen LogP) is 9.90. The fraction of sp³-hybridized carbons (Fsp3) is 0.200. The van der Waals surface area contributed by atoms with Crippen LogP contribution in [-0.4, -0.2) is 52.0 Å². The number of nitrogens with zero attached hydrogens (tertiary/aromatic N) is 2. The Balaban J connectivity index is 1.19. The Morgan fingerprint density at radius 2 is 0.902 bits per heavy atom. The summed E-state index contributed by atoms with van der Waals surface area (Å²) in [5.74, 6) is -2.74. The molecule has 8 nitrogen and oxygen atoms in total. The van der Waals surface area contributed by atoms with Gasteiger partial charge in [-0.25, -0.2) is 4.90 Å². The Hall–Kier alpha value is -7.01. The first-order valence-corrected chi connectivity index (χ1v) is 19.7. The van der Waals surface area contributed by atoms with Crippen LogP contribution >= 0.6 is 0 Å². The van der Waals surface area contributed by atoms with E-state index in [1.165, 1.54) is 25.2 Å². The molecule has 3 aliphatic rings. The summed E-state index contributed by atoms with van der Waals surface area (Å²) in [7, 11) is 1.26. The second kappa shape index (κ2) is 13.0. The molecule has 0 spiro atoms. The number of fused-ring (bicyclic) bond motifs is 5. The molecule has 2 N–H and O–H groups in total. The first-order chi connectivity index (χ1) is 28.7. The number of hydrogen-bond donors (Lipinski definition) is 2. The largest absolute Gasteiger partial charge is 0.508 e. The molecule has 1 aliphatic carbocycles. The van der Waals surface area contributed by atoms with Gasteiger partial charge in [-0.2, -0.15) is 13.2 Å². The molecule has 6 aromatic carbocycles. The van der Waals surface area contributed by atoms with Crippen LogP contribution < -0.4 is 4.90 Å². The van der Waals surface area contributed by atoms with Crippen molar-refractivity contribution in [3.63, 3.8) is 0 Å². The fourth-order valence-electron chi connectivity index (χ4n) is 9.79. The third-order valence-corrected chi connectivity index (χ3v) is 13.3. The summed E-state index contributed by atoms with van der Waals surface area (Å²) in [5.41, 5.74) is 4.51. The molecule has 1 unspecified atom stereocenters. The zero-order chi connectivity index (χ0) is 43.8. The van der Waals surface area contributed by atoms with Gasteiger partial charge in [0.2, 0.25) is 0 Å². The third kappa shape index (κ3) is 5.25. The number of benzene rings is 6. The van der Waals surface area contributed by atoms with Gasteiger partial charge < -0.3 is 10.2 Å². The summed E-state index contributed by atoms with van der Waals surface area (Å²) in [4.78, 5) is 55.9. The molecule has 0 radical (unpaired) electrons. The maximum Gasteiger partial charge on any atom is 0.402 e. The molecule has 2 aliphatic heterocycles. The first kappa shape index (κ1) is 39.5. The van der Waals surface area contributed by atoms with E-state index < -0.39 is 40.6 Å². The predicted molar refractivity (Wildman–Crippen MR) is 224 cm³/mol. The normalized spacial score (nSPS) is 16.2. The lowest BCUT2D eigenvalue weighted by Crippen LogP contribution is -2.41. The Bertz CT molecular complexity index is 2920. The van der Waals surface area contributed by atoms with E-state index in [1.54, 1.807) is 38.1 Å². The number of phenols is 2. The highest BCUT2D eigenvalue weighted by Crippen LogP contribution is 2.58. The molecule has 0 bridgehead atoms. The number of amides is 4. The maximum absolute atomic E-state index is 15.3. The van der Waals surface area contributed by atoms with Crippen LogP contribution in [0.1, 0.15) is 110 Å². The van der Waals surface area contributed by atoms with E-state index in [1.807, 2.05) is 45.0 Å². The quantitative estimate of drug-likeness (QED) is 0.167. The van der Waals surface area contributed by atoms with Crippen LogP contribution in [0.2, 0.25) is 0 Å². The molecule has 1 atom stereocenters. The van der Waals surface area contributed by atoms with E-state index in [0.717, 1.165) is 85.0 Å². The van der Waals surface area contributed by atoms with Crippen molar-refractivity contribution in [2.24, 2.45) is 0 Å². The molecule has 0 aromatic heterocycles. The van der Waals surface area contributed by atoms with Crippen molar-refractivity contribution in [2.75, 3.05) is 11.9 Å². The van der Waals surface area contributed by atoms with Crippen LogP contribution in [0.25, 0.3) is 11.1 Å². The lowest BCUT2D eigenvalue weighted by atomic mass is 9.66. The minimum Gasteiger partial charge on any atom is -0.508 e. The van der Waals surface area contributed by atoms with E-state index in [2.05, 4.69) is 12.1 Å². The van der Waals surface area contributed by atoms with Crippen molar-refractivity contribution in [2.45, 2.75) is 58.5 Å². The van der Waals surface area contributed by atoms with Gasteiger partial charge >= 0.3 is 6.18 Å². The van der Waals surface area contributed by atoms with Crippen LogP contribution in [0.15, 0.2) is 97.1 Å². The number of carbonyl (C=O) groups excluding carboxylic acids is 4. The number of imide groups is 2. The topological polar surface area (TPSA) is 115 Å². The molecule has 0 saturated carbocycles. The van der Waals surface area contributed by atoms with Crippen molar-refractivity contribution >= 4 is 29.3 Å². The Morgan fingerprint density at radius 1 is 0.508 bits per heavy atom. The summed E-state index contributed by atoms with van der Waals surface area (Å²) in [5, 5.41) is 22.0. The molecular weight excluding hydrogens is 782 g/mol. The van der Waals surface area contributed by atoms with Gasteiger partial charge in [-0.15, -0.1) is 0 Å². The van der Waals surface area contributed by atoms with Gasteiger partial charge in [0.15, 0.2) is 0 Å². The standard InChI is InChI=1S/C50H39F3N2O6/c1-24-16-31(17-25(2)28(24)5)49(41-22-33(56)10-14-35(41)36-15-11-34(57)23-42(36)49)32-18-26(3)43(27(4)19-32)55-46(60)38-13-9-30(21-40(38)47(55)61)48(6,50(51,52)53)29-8-12-37-39(20-29)45(59)54(7)44(37)58/h8-23,56-57H,1-7H3. The smallest absolute Gasteiger partial charge is 0.402 e. The van der Waals surface area contributed by atoms with Crippen molar-refractivity contribution in [3.8, 4) is 22.6 Å². The molecule has 2 heterocycles. The molecule has 61 heavy (non-hydrogen) atoms. The number of rotatable bonds is 5. The van der Waals surface area contributed by atoms with Gasteiger partial charge in [-0.05, 0) is 162 Å². The highest BCUT2D eigenvalue weighted by molar-refractivity contribution is 6.35. The van der Waals surface area contributed by atoms with Gasteiger partial charge in [-0.1, -0.05) is 48.5 Å². The van der Waals surface area contributed by atoms with Crippen molar-refractivity contribution < 1.29 is 42.6 Å². The number of hydrogen-bond acceptors (Lipinski definition) is 6. The summed E-state index contributed by atoms with van der Waals surface area (Å²) in [6, 6.07) is 25.3. The van der Waals surface area contributed by atoms with E-state index in [4.69, 9.17) is 0 Å². The lowest BCUT2D eigenvalue weighted by Gasteiger charge is -2.36. The Kier molecular flexibility index (Phi) is 8.40. The minimum atomic E-state index is -4.93. The van der Waals surface area contributed by atoms with Crippen LogP contribution in [0.3, 0.4) is 0 Å². The van der Waals surface area contributed by atoms with Gasteiger partial charge in [0.1, 0.15) is 16.9 Å². The highest BCUT2D eigenvalue weighted by Gasteiger charge is 2.55. The van der Waals surface area contributed by atoms with Gasteiger partial charge in [0, 0.05) is 7.05 Å². The number of anilines is 1. The number of aryl methyl sites for hydroxylation is 4. The van der Waals surface area contributed by atoms with E-state index in [9.17, 15) is 29.4 Å². The average molecular weight is 821 g/mol. The second-order valence-corrected chi connectivity index (χ2v) is 16.7. The number of carbonyl (C=O) groups is 4. The summed E-state index contributed by atoms with van der Waals surface area (Å²) in [6.45, 7) is 10.6. The Labute approximate surface area is 349 Å². The zero-order valence-electron chi connectivity index (χ0n) is 34.3. The lowest BCUT2D eigenvalue weighted by molar-refractivity contribution is -0.173. The molecule has 11 heteroatoms. The SMILES string of the molecule is Cc1cc(C2(c3cc(C)c(N4C(=O)c5ccc(C(C)(c6ccc7c(c6)C(=O)N(C)C7=O)C(F)(F)F)cc5C4=O)c(C)c3)c3cc(O)ccc3-c3ccc(O)cc32)cc(C)c1C.